The highest BCUT2D eigenvalue weighted by Gasteiger charge is 2.25. The molecule has 8 N–H and O–H groups in total. The second-order valence-corrected chi connectivity index (χ2v) is 14.6. The highest BCUT2D eigenvalue weighted by atomic mass is 32.2. The predicted molar refractivity (Wildman–Crippen MR) is 192 cm³/mol. The number of sulfonamides is 1. The number of thiophene rings is 1. The number of carbonyl (C=O) groups excluding carboxylic acids is 1. The van der Waals surface area contributed by atoms with Gasteiger partial charge in [-0.1, -0.05) is 6.07 Å². The first-order chi connectivity index (χ1) is 23.6. The lowest BCUT2D eigenvalue weighted by Crippen LogP contribution is -2.45. The molecular formula is C31H38N10O5S3. The fourth-order valence-corrected chi connectivity index (χ4v) is 7.90. The summed E-state index contributed by atoms with van der Waals surface area (Å²) in [5, 5.41) is 19.8. The van der Waals surface area contributed by atoms with Crippen molar-refractivity contribution >= 4 is 67.0 Å². The quantitative estimate of drug-likeness (QED) is 0.0557. The Morgan fingerprint density at radius 3 is 2.57 bits per heavy atom. The monoisotopic (exact) mass is 726 g/mol. The predicted octanol–water partition coefficient (Wildman–Crippen LogP) is 2.57. The van der Waals surface area contributed by atoms with Crippen LogP contribution in [0.25, 0.3) is 0 Å². The largest absolute Gasteiger partial charge is 0.480 e. The van der Waals surface area contributed by atoms with Crippen LogP contribution in [-0.2, 0) is 27.9 Å². The molecule has 4 aromatic rings. The van der Waals surface area contributed by atoms with Crippen LogP contribution in [0.4, 0.5) is 16.5 Å². The Labute approximate surface area is 292 Å². The van der Waals surface area contributed by atoms with E-state index in [4.69, 9.17) is 16.5 Å². The lowest BCUT2D eigenvalue weighted by Gasteiger charge is -2.34. The number of guanidine groups is 1. The minimum Gasteiger partial charge on any atom is -0.480 e. The van der Waals surface area contributed by atoms with E-state index in [0.29, 0.717) is 18.7 Å². The molecule has 0 saturated carbocycles. The van der Waals surface area contributed by atoms with Gasteiger partial charge in [0.1, 0.15) is 10.9 Å². The minimum absolute atomic E-state index is 0.0122. The van der Waals surface area contributed by atoms with Gasteiger partial charge < -0.3 is 32.1 Å². The highest BCUT2D eigenvalue weighted by molar-refractivity contribution is 7.92. The van der Waals surface area contributed by atoms with Crippen molar-refractivity contribution in [3.63, 3.8) is 0 Å². The van der Waals surface area contributed by atoms with Crippen molar-refractivity contribution in [2.24, 2.45) is 16.5 Å². The molecule has 1 aliphatic rings. The molecule has 1 saturated heterocycles. The zero-order chi connectivity index (χ0) is 34.8. The molecule has 1 amide bonds. The number of carbonyl (C=O) groups is 2. The summed E-state index contributed by atoms with van der Waals surface area (Å²) in [5.74, 6) is -2.06. The standard InChI is InChI=1S/C31H38N10O5S3/c32-30(33)35-9-2-5-26(29(43)44)38-28(42)27-25(8-16-47-27)39-49(45,46)24-4-1-3-22(17-24)36-18-23-20-48-31(37-23)41-14-12-40(13-15-41)19-21-6-10-34-11-7-21/h1,3-4,6-8,10-11,16-17,20,26,36,39H,2,5,9,12-15,18-19H2,(H,38,42)(H,43,44)(H4,32,33,35)/t26-/m0/s1. The van der Waals surface area contributed by atoms with E-state index in [2.05, 4.69) is 35.1 Å². The molecule has 15 nitrogen and oxygen atoms in total. The van der Waals surface area contributed by atoms with Crippen molar-refractivity contribution in [1.82, 2.24) is 20.2 Å². The van der Waals surface area contributed by atoms with E-state index in [-0.39, 0.29) is 34.4 Å². The summed E-state index contributed by atoms with van der Waals surface area (Å²) in [6, 6.07) is 10.7. The van der Waals surface area contributed by atoms with Crippen LogP contribution < -0.4 is 31.7 Å². The molecule has 0 bridgehead atoms. The number of aliphatic carboxylic acids is 1. The number of benzene rings is 1. The van der Waals surface area contributed by atoms with Crippen LogP contribution in [0.3, 0.4) is 0 Å². The molecule has 0 unspecified atom stereocenters. The Balaban J connectivity index is 1.14. The molecule has 0 radical (unpaired) electrons. The third kappa shape index (κ3) is 10.1. The molecule has 1 aliphatic heterocycles. The van der Waals surface area contributed by atoms with Crippen LogP contribution in [0.2, 0.25) is 0 Å². The maximum atomic E-state index is 13.3. The van der Waals surface area contributed by atoms with Gasteiger partial charge in [0.2, 0.25) is 0 Å². The number of amides is 1. The van der Waals surface area contributed by atoms with Crippen molar-refractivity contribution < 1.29 is 23.1 Å². The zero-order valence-corrected chi connectivity index (χ0v) is 28.9. The van der Waals surface area contributed by atoms with Gasteiger partial charge in [-0.15, -0.1) is 22.7 Å². The average molecular weight is 727 g/mol. The van der Waals surface area contributed by atoms with E-state index in [1.165, 1.54) is 23.8 Å². The number of aliphatic imine (C=N–C) groups is 1. The number of thiazole rings is 1. The first-order valence-corrected chi connectivity index (χ1v) is 18.7. The van der Waals surface area contributed by atoms with E-state index < -0.39 is 27.9 Å². The summed E-state index contributed by atoms with van der Waals surface area (Å²) < 4.78 is 29.2. The highest BCUT2D eigenvalue weighted by Crippen LogP contribution is 2.27. The number of piperazine rings is 1. The molecule has 1 aromatic carbocycles. The molecule has 18 heteroatoms. The van der Waals surface area contributed by atoms with Crippen LogP contribution in [0.5, 0.6) is 0 Å². The number of carboxylic acid groups (broad SMARTS) is 1. The lowest BCUT2D eigenvalue weighted by molar-refractivity contribution is -0.139. The van der Waals surface area contributed by atoms with Crippen LogP contribution in [0.15, 0.2) is 75.5 Å². The van der Waals surface area contributed by atoms with Crippen molar-refractivity contribution in [2.75, 3.05) is 47.7 Å². The van der Waals surface area contributed by atoms with Crippen molar-refractivity contribution in [2.45, 2.75) is 36.9 Å². The van der Waals surface area contributed by atoms with Crippen LogP contribution in [0, 0.1) is 0 Å². The number of aromatic nitrogens is 2. The van der Waals surface area contributed by atoms with Crippen LogP contribution in [0.1, 0.15) is 33.8 Å². The molecule has 4 heterocycles. The number of pyridine rings is 1. The second-order valence-electron chi connectivity index (χ2n) is 11.2. The fourth-order valence-electron chi connectivity index (χ4n) is 5.09. The van der Waals surface area contributed by atoms with Gasteiger partial charge in [-0.2, -0.15) is 0 Å². The summed E-state index contributed by atoms with van der Waals surface area (Å²) in [5.41, 5.74) is 13.3. The molecular weight excluding hydrogens is 689 g/mol. The molecule has 260 valence electrons. The lowest BCUT2D eigenvalue weighted by atomic mass is 10.1. The fraction of sp³-hybridized carbons (Fsp3) is 0.323. The Bertz CT molecular complexity index is 1850. The summed E-state index contributed by atoms with van der Waals surface area (Å²) >= 11 is 2.57. The topological polar surface area (TPSA) is 221 Å². The number of rotatable bonds is 16. The van der Waals surface area contributed by atoms with Crippen LogP contribution >= 0.6 is 22.7 Å². The number of hydrogen-bond donors (Lipinski definition) is 6. The summed E-state index contributed by atoms with van der Waals surface area (Å²) in [4.78, 5) is 42.1. The van der Waals surface area contributed by atoms with Crippen molar-refractivity contribution in [1.29, 1.82) is 0 Å². The van der Waals surface area contributed by atoms with Gasteiger partial charge in [0.15, 0.2) is 11.1 Å². The molecule has 3 aromatic heterocycles. The Morgan fingerprint density at radius 1 is 1.06 bits per heavy atom. The van der Waals surface area contributed by atoms with E-state index in [1.54, 1.807) is 28.8 Å². The van der Waals surface area contributed by atoms with E-state index in [1.807, 2.05) is 29.9 Å². The van der Waals surface area contributed by atoms with Gasteiger partial charge in [0.25, 0.3) is 15.9 Å². The second kappa shape index (κ2) is 16.6. The van der Waals surface area contributed by atoms with Crippen molar-refractivity contribution in [3.8, 4) is 0 Å². The maximum absolute atomic E-state index is 13.3. The summed E-state index contributed by atoms with van der Waals surface area (Å²) in [6.07, 6.45) is 4.03. The summed E-state index contributed by atoms with van der Waals surface area (Å²) in [7, 11) is -4.10. The third-order valence-electron chi connectivity index (χ3n) is 7.62. The van der Waals surface area contributed by atoms with Crippen LogP contribution in [-0.4, -0.2) is 85.0 Å². The molecule has 49 heavy (non-hydrogen) atoms. The summed E-state index contributed by atoms with van der Waals surface area (Å²) in [6.45, 7) is 5.14. The Hall–Kier alpha value is -4.78. The zero-order valence-electron chi connectivity index (χ0n) is 26.5. The molecule has 5 rings (SSSR count). The van der Waals surface area contributed by atoms with E-state index in [0.717, 1.165) is 54.9 Å². The van der Waals surface area contributed by atoms with E-state index >= 15 is 0 Å². The molecule has 1 fully saturated rings. The Morgan fingerprint density at radius 2 is 1.84 bits per heavy atom. The molecule has 0 spiro atoms. The number of nitrogens with zero attached hydrogens (tertiary/aromatic N) is 5. The van der Waals surface area contributed by atoms with Gasteiger partial charge in [0, 0.05) is 62.7 Å². The van der Waals surface area contributed by atoms with Gasteiger partial charge >= 0.3 is 5.97 Å². The molecule has 1 atom stereocenters. The minimum atomic E-state index is -4.10. The molecule has 0 aliphatic carbocycles. The van der Waals surface area contributed by atoms with Crippen molar-refractivity contribution in [3.05, 3.63) is 81.8 Å². The smallest absolute Gasteiger partial charge is 0.326 e. The van der Waals surface area contributed by atoms with Gasteiger partial charge in [-0.05, 0) is 60.2 Å². The first kappa shape index (κ1) is 35.5. The number of nitrogens with one attached hydrogen (secondary N) is 3. The number of carboxylic acids is 1. The number of hydrogen-bond acceptors (Lipinski definition) is 12. The van der Waals surface area contributed by atoms with Gasteiger partial charge in [0.05, 0.1) is 22.8 Å². The Kier molecular flexibility index (Phi) is 12.0. The average Bonchev–Trinajstić information content (AvgIpc) is 3.76. The SMILES string of the molecule is NC(N)=NCCC[C@H](NC(=O)c1sccc1NS(=O)(=O)c1cccc(NCc2csc(N3CCN(Cc4ccncc4)CC3)n2)c1)C(=O)O. The van der Waals surface area contributed by atoms with Gasteiger partial charge in [-0.3, -0.25) is 24.4 Å². The maximum Gasteiger partial charge on any atom is 0.326 e. The first-order valence-electron chi connectivity index (χ1n) is 15.4. The normalized spacial score (nSPS) is 14.2. The number of nitrogens with two attached hydrogens (primary N) is 2. The number of anilines is 3. The third-order valence-corrected chi connectivity index (χ3v) is 10.8. The van der Waals surface area contributed by atoms with Gasteiger partial charge in [-0.25, -0.2) is 18.2 Å². The van der Waals surface area contributed by atoms with E-state index in [9.17, 15) is 23.1 Å².